The van der Waals surface area contributed by atoms with Crippen molar-refractivity contribution in [3.63, 3.8) is 0 Å². The van der Waals surface area contributed by atoms with Crippen molar-refractivity contribution in [3.8, 4) is 5.75 Å². The first-order valence-electron chi connectivity index (χ1n) is 7.61. The quantitative estimate of drug-likeness (QED) is 0.809. The molecule has 1 saturated heterocycles. The van der Waals surface area contributed by atoms with Crippen LogP contribution < -0.4 is 4.74 Å². The monoisotopic (exact) mass is 353 g/mol. The second kappa shape index (κ2) is 7.30. The highest BCUT2D eigenvalue weighted by Gasteiger charge is 2.24. The van der Waals surface area contributed by atoms with Gasteiger partial charge in [-0.3, -0.25) is 4.79 Å². The highest BCUT2D eigenvalue weighted by molar-refractivity contribution is 9.10. The van der Waals surface area contributed by atoms with Crippen molar-refractivity contribution in [2.24, 2.45) is 11.8 Å². The van der Waals surface area contributed by atoms with E-state index in [1.54, 1.807) is 7.11 Å². The third-order valence-corrected chi connectivity index (χ3v) is 5.18. The Morgan fingerprint density at radius 1 is 1.38 bits per heavy atom. The molecule has 1 fully saturated rings. The minimum absolute atomic E-state index is 0.271. The predicted octanol–water partition coefficient (Wildman–Crippen LogP) is 4.24. The lowest BCUT2D eigenvalue weighted by atomic mass is 9.89. The fraction of sp³-hybridized carbons (Fsp3) is 0.588. The van der Waals surface area contributed by atoms with Crippen LogP contribution in [0.1, 0.15) is 38.7 Å². The van der Waals surface area contributed by atoms with Crippen LogP contribution in [0, 0.1) is 11.8 Å². The average molecular weight is 354 g/mol. The van der Waals surface area contributed by atoms with E-state index in [0.29, 0.717) is 24.8 Å². The molecule has 21 heavy (non-hydrogen) atoms. The number of amides is 1. The molecule has 3 nitrogen and oxygen atoms in total. The van der Waals surface area contributed by atoms with Gasteiger partial charge in [0, 0.05) is 24.0 Å². The minimum atomic E-state index is 0.271. The van der Waals surface area contributed by atoms with Crippen LogP contribution in [0.5, 0.6) is 5.75 Å². The molecule has 0 bridgehead atoms. The summed E-state index contributed by atoms with van der Waals surface area (Å²) < 4.78 is 6.30. The van der Waals surface area contributed by atoms with Gasteiger partial charge in [-0.15, -0.1) is 0 Å². The fourth-order valence-electron chi connectivity index (χ4n) is 2.90. The van der Waals surface area contributed by atoms with Gasteiger partial charge in [0.05, 0.1) is 7.11 Å². The molecular weight excluding hydrogens is 330 g/mol. The first kappa shape index (κ1) is 16.3. The second-order valence-corrected chi connectivity index (χ2v) is 6.96. The van der Waals surface area contributed by atoms with Crippen LogP contribution >= 0.6 is 15.9 Å². The molecule has 1 heterocycles. The van der Waals surface area contributed by atoms with Crippen LogP contribution in [0.3, 0.4) is 0 Å². The van der Waals surface area contributed by atoms with E-state index in [1.807, 2.05) is 23.1 Å². The number of hydrogen-bond donors (Lipinski definition) is 0. The van der Waals surface area contributed by atoms with E-state index in [0.717, 1.165) is 35.2 Å². The highest BCUT2D eigenvalue weighted by Crippen LogP contribution is 2.28. The average Bonchev–Trinajstić information content (AvgIpc) is 2.64. The number of ether oxygens (including phenoxy) is 1. The maximum absolute atomic E-state index is 12.3. The molecular formula is C17H24BrNO2. The van der Waals surface area contributed by atoms with Gasteiger partial charge < -0.3 is 9.64 Å². The largest absolute Gasteiger partial charge is 0.497 e. The van der Waals surface area contributed by atoms with Crippen molar-refractivity contribution in [1.82, 2.24) is 4.90 Å². The Bertz CT molecular complexity index is 502. The lowest BCUT2D eigenvalue weighted by molar-refractivity contribution is -0.131. The second-order valence-electron chi connectivity index (χ2n) is 6.10. The maximum atomic E-state index is 12.3. The van der Waals surface area contributed by atoms with Gasteiger partial charge in [0.15, 0.2) is 0 Å². The lowest BCUT2D eigenvalue weighted by Crippen LogP contribution is -2.30. The summed E-state index contributed by atoms with van der Waals surface area (Å²) in [5, 5.41) is 0. The molecule has 2 rings (SSSR count). The van der Waals surface area contributed by atoms with E-state index in [4.69, 9.17) is 4.74 Å². The van der Waals surface area contributed by atoms with E-state index in [-0.39, 0.29) is 5.91 Å². The number of nitrogens with zero attached hydrogens (tertiary/aromatic N) is 1. The normalized spacial score (nSPS) is 19.8. The van der Waals surface area contributed by atoms with Gasteiger partial charge in [-0.1, -0.05) is 29.8 Å². The van der Waals surface area contributed by atoms with Crippen molar-refractivity contribution in [3.05, 3.63) is 28.2 Å². The maximum Gasteiger partial charge on any atom is 0.222 e. The van der Waals surface area contributed by atoms with Gasteiger partial charge in [0.25, 0.3) is 0 Å². The molecule has 0 saturated carbocycles. The lowest BCUT2D eigenvalue weighted by Gasteiger charge is -2.22. The Morgan fingerprint density at radius 2 is 2.14 bits per heavy atom. The first-order valence-corrected chi connectivity index (χ1v) is 8.40. The molecule has 1 aromatic carbocycles. The molecule has 0 N–H and O–H groups in total. The predicted molar refractivity (Wildman–Crippen MR) is 88.3 cm³/mol. The SMILES string of the molecule is COc1ccc(Br)c(CN2CCC(C(C)C)CCC2=O)c1. The fourth-order valence-corrected chi connectivity index (χ4v) is 3.27. The number of carbonyl (C=O) groups is 1. The Labute approximate surface area is 135 Å². The summed E-state index contributed by atoms with van der Waals surface area (Å²) in [4.78, 5) is 14.3. The highest BCUT2D eigenvalue weighted by atomic mass is 79.9. The van der Waals surface area contributed by atoms with E-state index < -0.39 is 0 Å². The van der Waals surface area contributed by atoms with Crippen LogP contribution in [0.15, 0.2) is 22.7 Å². The molecule has 0 spiro atoms. The van der Waals surface area contributed by atoms with Gasteiger partial charge in [0.1, 0.15) is 5.75 Å². The van der Waals surface area contributed by atoms with Crippen molar-refractivity contribution in [2.75, 3.05) is 13.7 Å². The molecule has 116 valence electrons. The van der Waals surface area contributed by atoms with Crippen LogP contribution in [0.4, 0.5) is 0 Å². The van der Waals surface area contributed by atoms with Crippen LogP contribution in [0.25, 0.3) is 0 Å². The summed E-state index contributed by atoms with van der Waals surface area (Å²) in [7, 11) is 1.66. The van der Waals surface area contributed by atoms with E-state index in [1.165, 1.54) is 0 Å². The van der Waals surface area contributed by atoms with E-state index in [2.05, 4.69) is 29.8 Å². The summed E-state index contributed by atoms with van der Waals surface area (Å²) in [6, 6.07) is 5.90. The van der Waals surface area contributed by atoms with Crippen molar-refractivity contribution >= 4 is 21.8 Å². The topological polar surface area (TPSA) is 29.5 Å². The summed E-state index contributed by atoms with van der Waals surface area (Å²) in [6.07, 6.45) is 2.79. The Morgan fingerprint density at radius 3 is 2.81 bits per heavy atom. The van der Waals surface area contributed by atoms with E-state index >= 15 is 0 Å². The number of rotatable bonds is 4. The zero-order valence-corrected chi connectivity index (χ0v) is 14.6. The molecule has 1 aromatic rings. The van der Waals surface area contributed by atoms with Gasteiger partial charge >= 0.3 is 0 Å². The molecule has 1 aliphatic rings. The van der Waals surface area contributed by atoms with Gasteiger partial charge in [-0.2, -0.15) is 0 Å². The van der Waals surface area contributed by atoms with Crippen molar-refractivity contribution in [1.29, 1.82) is 0 Å². The molecule has 1 atom stereocenters. The van der Waals surface area contributed by atoms with Gasteiger partial charge in [-0.05, 0) is 48.4 Å². The third-order valence-electron chi connectivity index (χ3n) is 4.41. The number of halogens is 1. The molecule has 1 unspecified atom stereocenters. The molecule has 1 aliphatic heterocycles. The van der Waals surface area contributed by atoms with Crippen LogP contribution in [-0.4, -0.2) is 24.5 Å². The minimum Gasteiger partial charge on any atom is -0.497 e. The van der Waals surface area contributed by atoms with Crippen LogP contribution in [0.2, 0.25) is 0 Å². The summed E-state index contributed by atoms with van der Waals surface area (Å²) in [5.41, 5.74) is 1.10. The number of likely N-dealkylation sites (tertiary alicyclic amines) is 1. The molecule has 0 aliphatic carbocycles. The van der Waals surface area contributed by atoms with Crippen LogP contribution in [-0.2, 0) is 11.3 Å². The summed E-state index contributed by atoms with van der Waals surface area (Å²) in [6.45, 7) is 6.01. The zero-order chi connectivity index (χ0) is 15.4. The third kappa shape index (κ3) is 4.22. The smallest absolute Gasteiger partial charge is 0.222 e. The molecule has 0 aromatic heterocycles. The Balaban J connectivity index is 2.09. The Kier molecular flexibility index (Phi) is 5.68. The van der Waals surface area contributed by atoms with Gasteiger partial charge in [0.2, 0.25) is 5.91 Å². The number of methoxy groups -OCH3 is 1. The number of hydrogen-bond acceptors (Lipinski definition) is 2. The zero-order valence-electron chi connectivity index (χ0n) is 13.1. The molecule has 4 heteroatoms. The molecule has 0 radical (unpaired) electrons. The summed E-state index contributed by atoms with van der Waals surface area (Å²) >= 11 is 3.57. The van der Waals surface area contributed by atoms with Crippen molar-refractivity contribution < 1.29 is 9.53 Å². The van der Waals surface area contributed by atoms with Crippen molar-refractivity contribution in [2.45, 2.75) is 39.7 Å². The Hall–Kier alpha value is -1.03. The standard InChI is InChI=1S/C17H24BrNO2/c1-12(2)13-4-7-17(20)19(9-8-13)11-14-10-15(21-3)5-6-16(14)18/h5-6,10,12-13H,4,7-9,11H2,1-3H3. The first-order chi connectivity index (χ1) is 10.0. The molecule has 1 amide bonds. The number of benzene rings is 1. The van der Waals surface area contributed by atoms with Gasteiger partial charge in [-0.25, -0.2) is 0 Å². The summed E-state index contributed by atoms with van der Waals surface area (Å²) in [5.74, 6) is 2.41. The van der Waals surface area contributed by atoms with E-state index in [9.17, 15) is 4.79 Å². The number of carbonyl (C=O) groups excluding carboxylic acids is 1.